The molecule has 0 aliphatic heterocycles. The van der Waals surface area contributed by atoms with Crippen molar-refractivity contribution in [3.05, 3.63) is 35.7 Å². The minimum absolute atomic E-state index is 0. The van der Waals surface area contributed by atoms with Gasteiger partial charge in [0.05, 0.1) is 6.54 Å². The highest BCUT2D eigenvalue weighted by molar-refractivity contribution is 14.0. The second-order valence-corrected chi connectivity index (χ2v) is 5.42. The van der Waals surface area contributed by atoms with Crippen molar-refractivity contribution in [3.8, 4) is 11.4 Å². The summed E-state index contributed by atoms with van der Waals surface area (Å²) in [5.41, 5.74) is 7.88. The normalized spacial score (nSPS) is 11.4. The maximum atomic E-state index is 5.83. The number of aromatic nitrogens is 3. The first kappa shape index (κ1) is 18.4. The maximum Gasteiger partial charge on any atom is 0.188 e. The number of guanidine groups is 1. The number of aryl methyl sites for hydroxylation is 1. The number of nitrogens with zero attached hydrogens (tertiary/aromatic N) is 3. The van der Waals surface area contributed by atoms with Crippen LogP contribution in [0.25, 0.3) is 11.4 Å². The van der Waals surface area contributed by atoms with Crippen molar-refractivity contribution >= 4 is 29.9 Å². The monoisotopic (exact) mass is 414 g/mol. The number of nitrogens with two attached hydrogens (primary N) is 1. The highest BCUT2D eigenvalue weighted by Crippen LogP contribution is 2.16. The van der Waals surface area contributed by atoms with E-state index in [1.807, 2.05) is 31.2 Å². The van der Waals surface area contributed by atoms with E-state index in [2.05, 4.69) is 39.3 Å². The zero-order chi connectivity index (χ0) is 15.2. The molecule has 4 N–H and O–H groups in total. The van der Waals surface area contributed by atoms with Crippen molar-refractivity contribution in [2.24, 2.45) is 16.6 Å². The van der Waals surface area contributed by atoms with E-state index in [9.17, 15) is 0 Å². The number of aliphatic imine (C=N–C) groups is 1. The molecule has 1 aromatic carbocycles. The van der Waals surface area contributed by atoms with Crippen LogP contribution in [0, 0.1) is 12.8 Å². The van der Waals surface area contributed by atoms with Crippen molar-refractivity contribution in [1.82, 2.24) is 20.5 Å². The van der Waals surface area contributed by atoms with E-state index in [1.165, 1.54) is 0 Å². The zero-order valence-corrected chi connectivity index (χ0v) is 15.5. The topological polar surface area (TPSA) is 92.0 Å². The Labute approximate surface area is 148 Å². The van der Waals surface area contributed by atoms with Crippen LogP contribution in [0.4, 0.5) is 0 Å². The van der Waals surface area contributed by atoms with Crippen LogP contribution in [0.1, 0.15) is 25.2 Å². The fourth-order valence-corrected chi connectivity index (χ4v) is 1.82. The fourth-order valence-electron chi connectivity index (χ4n) is 1.82. The highest BCUT2D eigenvalue weighted by Gasteiger charge is 2.04. The third-order valence-electron chi connectivity index (χ3n) is 2.91. The third-order valence-corrected chi connectivity index (χ3v) is 2.91. The molecule has 2 rings (SSSR count). The molecule has 0 aliphatic rings. The summed E-state index contributed by atoms with van der Waals surface area (Å²) in [7, 11) is 0. The Morgan fingerprint density at radius 3 is 2.82 bits per heavy atom. The van der Waals surface area contributed by atoms with E-state index in [0.717, 1.165) is 23.5 Å². The summed E-state index contributed by atoms with van der Waals surface area (Å²) in [4.78, 5) is 8.67. The Hall–Kier alpha value is -1.64. The second-order valence-electron chi connectivity index (χ2n) is 5.42. The van der Waals surface area contributed by atoms with Gasteiger partial charge >= 0.3 is 0 Å². The van der Waals surface area contributed by atoms with Crippen LogP contribution in [0.15, 0.2) is 29.3 Å². The van der Waals surface area contributed by atoms with Gasteiger partial charge in [-0.3, -0.25) is 5.10 Å². The van der Waals surface area contributed by atoms with Crippen molar-refractivity contribution < 1.29 is 0 Å². The number of benzene rings is 1. The lowest BCUT2D eigenvalue weighted by Gasteiger charge is -2.08. The first-order valence-corrected chi connectivity index (χ1v) is 7.06. The molecule has 0 radical (unpaired) electrons. The van der Waals surface area contributed by atoms with Crippen molar-refractivity contribution in [1.29, 1.82) is 0 Å². The molecule has 7 heteroatoms. The lowest BCUT2D eigenvalue weighted by atomic mass is 10.1. The molecular formula is C15H23IN6. The van der Waals surface area contributed by atoms with Crippen LogP contribution >= 0.6 is 24.0 Å². The van der Waals surface area contributed by atoms with E-state index in [1.54, 1.807) is 0 Å². The first-order chi connectivity index (χ1) is 10.0. The summed E-state index contributed by atoms with van der Waals surface area (Å²) in [5.74, 6) is 2.51. The number of hydrogen-bond donors (Lipinski definition) is 3. The molecule has 0 unspecified atom stereocenters. The molecular weight excluding hydrogens is 391 g/mol. The van der Waals surface area contributed by atoms with E-state index in [0.29, 0.717) is 24.2 Å². The molecule has 6 nitrogen and oxygen atoms in total. The quantitative estimate of drug-likeness (QED) is 0.398. The molecule has 0 saturated carbocycles. The number of nitrogens with one attached hydrogen (secondary N) is 2. The number of H-pyrrole nitrogens is 1. The van der Waals surface area contributed by atoms with E-state index >= 15 is 0 Å². The number of aromatic amines is 1. The Bertz CT molecular complexity index is 620. The van der Waals surface area contributed by atoms with Crippen LogP contribution in [-0.2, 0) is 6.54 Å². The van der Waals surface area contributed by atoms with E-state index in [4.69, 9.17) is 5.73 Å². The zero-order valence-electron chi connectivity index (χ0n) is 13.1. The average Bonchev–Trinajstić information content (AvgIpc) is 2.90. The number of rotatable bonds is 5. The molecule has 120 valence electrons. The summed E-state index contributed by atoms with van der Waals surface area (Å²) in [5, 5.41) is 10.1. The Morgan fingerprint density at radius 1 is 1.41 bits per heavy atom. The molecule has 1 heterocycles. The molecule has 0 amide bonds. The van der Waals surface area contributed by atoms with E-state index < -0.39 is 0 Å². The van der Waals surface area contributed by atoms with Gasteiger partial charge in [-0.2, -0.15) is 5.10 Å². The summed E-state index contributed by atoms with van der Waals surface area (Å²) in [6.45, 7) is 7.50. The summed E-state index contributed by atoms with van der Waals surface area (Å²) in [6, 6.07) is 8.00. The molecule has 0 bridgehead atoms. The lowest BCUT2D eigenvalue weighted by molar-refractivity contribution is 0.622. The van der Waals surface area contributed by atoms with Crippen molar-refractivity contribution in [3.63, 3.8) is 0 Å². The van der Waals surface area contributed by atoms with Gasteiger partial charge in [0, 0.05) is 12.1 Å². The van der Waals surface area contributed by atoms with Crippen LogP contribution in [0.5, 0.6) is 0 Å². The molecule has 0 fully saturated rings. The molecule has 0 atom stereocenters. The Morgan fingerprint density at radius 2 is 2.18 bits per heavy atom. The molecule has 1 aromatic heterocycles. The second kappa shape index (κ2) is 8.72. The van der Waals surface area contributed by atoms with Gasteiger partial charge < -0.3 is 11.1 Å². The predicted molar refractivity (Wildman–Crippen MR) is 100 cm³/mol. The Kier molecular flexibility index (Phi) is 7.30. The fraction of sp³-hybridized carbons (Fsp3) is 0.400. The summed E-state index contributed by atoms with van der Waals surface area (Å²) >= 11 is 0. The largest absolute Gasteiger partial charge is 0.370 e. The maximum absolute atomic E-state index is 5.83. The Balaban J connectivity index is 0.00000242. The third kappa shape index (κ3) is 5.63. The smallest absolute Gasteiger partial charge is 0.188 e. The van der Waals surface area contributed by atoms with Crippen LogP contribution in [0.2, 0.25) is 0 Å². The minimum atomic E-state index is 0. The van der Waals surface area contributed by atoms with Gasteiger partial charge in [-0.15, -0.1) is 24.0 Å². The van der Waals surface area contributed by atoms with Gasteiger partial charge in [0.1, 0.15) is 5.82 Å². The molecule has 0 aliphatic carbocycles. The number of halogens is 1. The molecule has 22 heavy (non-hydrogen) atoms. The van der Waals surface area contributed by atoms with Gasteiger partial charge in [0.25, 0.3) is 0 Å². The van der Waals surface area contributed by atoms with Gasteiger partial charge in [0.2, 0.25) is 0 Å². The average molecular weight is 414 g/mol. The van der Waals surface area contributed by atoms with Crippen LogP contribution in [0.3, 0.4) is 0 Å². The van der Waals surface area contributed by atoms with E-state index in [-0.39, 0.29) is 24.0 Å². The lowest BCUT2D eigenvalue weighted by Crippen LogP contribution is -2.34. The van der Waals surface area contributed by atoms with Crippen LogP contribution < -0.4 is 11.1 Å². The van der Waals surface area contributed by atoms with Gasteiger partial charge in [-0.25, -0.2) is 9.98 Å². The molecule has 0 spiro atoms. The predicted octanol–water partition coefficient (Wildman–Crippen LogP) is 2.46. The standard InChI is InChI=1S/C15H22N6.HI/c1-10(2)8-17-15(16)18-9-12-5-4-6-13(7-12)14-19-11(3)20-21-14;/h4-7,10H,8-9H2,1-3H3,(H3,16,17,18)(H,19,20,21);1H. The first-order valence-electron chi connectivity index (χ1n) is 7.06. The van der Waals surface area contributed by atoms with Crippen molar-refractivity contribution in [2.75, 3.05) is 6.54 Å². The number of hydrogen-bond acceptors (Lipinski definition) is 3. The molecule has 0 saturated heterocycles. The van der Waals surface area contributed by atoms with Gasteiger partial charge in [-0.05, 0) is 24.5 Å². The highest BCUT2D eigenvalue weighted by atomic mass is 127. The van der Waals surface area contributed by atoms with Gasteiger partial charge in [-0.1, -0.05) is 32.0 Å². The molecule has 2 aromatic rings. The minimum Gasteiger partial charge on any atom is -0.370 e. The summed E-state index contributed by atoms with van der Waals surface area (Å²) in [6.07, 6.45) is 0. The van der Waals surface area contributed by atoms with Crippen molar-refractivity contribution in [2.45, 2.75) is 27.3 Å². The summed E-state index contributed by atoms with van der Waals surface area (Å²) < 4.78 is 0. The van der Waals surface area contributed by atoms with Gasteiger partial charge in [0.15, 0.2) is 11.8 Å². The SMILES string of the molecule is Cc1nc(-c2cccc(CN=C(N)NCC(C)C)c2)n[nH]1.I. The van der Waals surface area contributed by atoms with Crippen LogP contribution in [-0.4, -0.2) is 27.7 Å².